The molecule has 0 aliphatic carbocycles. The van der Waals surface area contributed by atoms with Gasteiger partial charge in [-0.3, -0.25) is 14.5 Å². The molecule has 7 heteroatoms. The molecule has 0 N–H and O–H groups in total. The van der Waals surface area contributed by atoms with Gasteiger partial charge in [0.2, 0.25) is 0 Å². The zero-order valence-corrected chi connectivity index (χ0v) is 12.5. The second-order valence-corrected chi connectivity index (χ2v) is 4.20. The number of esters is 1. The Morgan fingerprint density at radius 3 is 2.95 bits per heavy atom. The first-order valence-electron chi connectivity index (χ1n) is 5.85. The summed E-state index contributed by atoms with van der Waals surface area (Å²) in [6.45, 7) is 0.482. The van der Waals surface area contributed by atoms with Gasteiger partial charge < -0.3 is 4.74 Å². The van der Waals surface area contributed by atoms with E-state index in [-0.39, 0.29) is 18.4 Å². The van der Waals surface area contributed by atoms with Crippen molar-refractivity contribution in [3.05, 3.63) is 36.2 Å². The lowest BCUT2D eigenvalue weighted by Crippen LogP contribution is -2.07. The van der Waals surface area contributed by atoms with E-state index in [0.717, 1.165) is 17.0 Å². The van der Waals surface area contributed by atoms with Gasteiger partial charge in [0.1, 0.15) is 5.69 Å². The largest absolute Gasteiger partial charge is 0.469 e. The van der Waals surface area contributed by atoms with E-state index in [2.05, 4.69) is 14.8 Å². The van der Waals surface area contributed by atoms with E-state index in [9.17, 15) is 4.79 Å². The average Bonchev–Trinajstić information content (AvgIpc) is 2.93. The molecule has 0 saturated carbocycles. The summed E-state index contributed by atoms with van der Waals surface area (Å²) in [4.78, 5) is 15.4. The summed E-state index contributed by atoms with van der Waals surface area (Å²) in [5, 5.41) is 4.38. The molecule has 0 fully saturated rings. The molecule has 0 aromatic carbocycles. The van der Waals surface area contributed by atoms with Gasteiger partial charge in [-0.2, -0.15) is 5.10 Å². The Kier molecular flexibility index (Phi) is 6.48. The Bertz CT molecular complexity index is 572. The zero-order valence-electron chi connectivity index (χ0n) is 11.0. The van der Waals surface area contributed by atoms with E-state index in [4.69, 9.17) is 11.6 Å². The summed E-state index contributed by atoms with van der Waals surface area (Å²) in [5.74, 6) is 0.134. The number of hydrogen-bond donors (Lipinski definition) is 0. The number of ether oxygens (including phenoxy) is 1. The van der Waals surface area contributed by atoms with E-state index in [0.29, 0.717) is 18.8 Å². The van der Waals surface area contributed by atoms with Crippen molar-refractivity contribution < 1.29 is 9.53 Å². The fourth-order valence-corrected chi connectivity index (χ4v) is 1.91. The van der Waals surface area contributed by atoms with Crippen LogP contribution in [0.4, 0.5) is 0 Å². The van der Waals surface area contributed by atoms with Crippen LogP contribution in [-0.2, 0) is 22.0 Å². The summed E-state index contributed by atoms with van der Waals surface area (Å²) >= 11 is 5.87. The highest BCUT2D eigenvalue weighted by Crippen LogP contribution is 2.20. The summed E-state index contributed by atoms with van der Waals surface area (Å²) in [5.41, 5.74) is 2.46. The molecule has 0 amide bonds. The molecule has 108 valence electrons. The SMILES string of the molecule is COC(=O)CCn1ccc(-c2ncccc2CCl)n1.Cl. The lowest BCUT2D eigenvalue weighted by molar-refractivity contribution is -0.140. The van der Waals surface area contributed by atoms with Gasteiger partial charge in [-0.1, -0.05) is 6.07 Å². The minimum Gasteiger partial charge on any atom is -0.469 e. The molecule has 0 spiro atoms. The Hall–Kier alpha value is -1.59. The fourth-order valence-electron chi connectivity index (χ4n) is 1.70. The van der Waals surface area contributed by atoms with Crippen LogP contribution in [-0.4, -0.2) is 27.8 Å². The van der Waals surface area contributed by atoms with Crippen molar-refractivity contribution in [1.29, 1.82) is 0 Å². The first-order chi connectivity index (χ1) is 9.24. The van der Waals surface area contributed by atoms with Gasteiger partial charge in [-0.05, 0) is 17.7 Å². The Morgan fingerprint density at radius 1 is 1.45 bits per heavy atom. The molecule has 0 aliphatic rings. The van der Waals surface area contributed by atoms with Crippen LogP contribution in [0.5, 0.6) is 0 Å². The number of alkyl halides is 1. The van der Waals surface area contributed by atoms with Gasteiger partial charge in [0, 0.05) is 18.3 Å². The lowest BCUT2D eigenvalue weighted by atomic mass is 10.2. The third-order valence-electron chi connectivity index (χ3n) is 2.69. The first kappa shape index (κ1) is 16.5. The molecule has 0 radical (unpaired) electrons. The van der Waals surface area contributed by atoms with Crippen LogP contribution >= 0.6 is 24.0 Å². The molecule has 2 rings (SSSR count). The van der Waals surface area contributed by atoms with Crippen molar-refractivity contribution in [2.75, 3.05) is 7.11 Å². The van der Waals surface area contributed by atoms with Crippen molar-refractivity contribution in [1.82, 2.24) is 14.8 Å². The van der Waals surface area contributed by atoms with E-state index in [1.165, 1.54) is 7.11 Å². The van der Waals surface area contributed by atoms with Crippen LogP contribution in [0.15, 0.2) is 30.6 Å². The Morgan fingerprint density at radius 2 is 2.25 bits per heavy atom. The predicted molar refractivity (Wildman–Crippen MR) is 78.9 cm³/mol. The van der Waals surface area contributed by atoms with Gasteiger partial charge in [0.15, 0.2) is 0 Å². The molecule has 2 heterocycles. The normalized spacial score (nSPS) is 9.90. The Labute approximate surface area is 128 Å². The van der Waals surface area contributed by atoms with Crippen LogP contribution in [0.3, 0.4) is 0 Å². The maximum atomic E-state index is 11.1. The molecule has 20 heavy (non-hydrogen) atoms. The monoisotopic (exact) mass is 315 g/mol. The van der Waals surface area contributed by atoms with Crippen LogP contribution in [0, 0.1) is 0 Å². The van der Waals surface area contributed by atoms with E-state index in [1.807, 2.05) is 24.4 Å². The molecule has 0 atom stereocenters. The number of halogens is 2. The molecule has 2 aromatic heterocycles. The standard InChI is InChI=1S/C13H14ClN3O2.ClH/c1-19-12(18)5-8-17-7-4-11(16-17)13-10(9-14)3-2-6-15-13;/h2-4,6-7H,5,8-9H2,1H3;1H. The van der Waals surface area contributed by atoms with Gasteiger partial charge in [-0.15, -0.1) is 24.0 Å². The summed E-state index contributed by atoms with van der Waals surface area (Å²) in [6, 6.07) is 5.62. The van der Waals surface area contributed by atoms with Gasteiger partial charge in [0.25, 0.3) is 0 Å². The number of carbonyl (C=O) groups is 1. The number of carbonyl (C=O) groups excluding carboxylic acids is 1. The second-order valence-electron chi connectivity index (χ2n) is 3.93. The summed E-state index contributed by atoms with van der Waals surface area (Å²) in [7, 11) is 1.37. The van der Waals surface area contributed by atoms with Crippen molar-refractivity contribution in [3.63, 3.8) is 0 Å². The maximum Gasteiger partial charge on any atom is 0.307 e. The Balaban J connectivity index is 0.00000200. The van der Waals surface area contributed by atoms with Crippen LogP contribution < -0.4 is 0 Å². The topological polar surface area (TPSA) is 57.0 Å². The number of methoxy groups -OCH3 is 1. The van der Waals surface area contributed by atoms with Crippen molar-refractivity contribution in [2.45, 2.75) is 18.8 Å². The van der Waals surface area contributed by atoms with E-state index >= 15 is 0 Å². The molecular weight excluding hydrogens is 301 g/mol. The third-order valence-corrected chi connectivity index (χ3v) is 2.98. The molecule has 2 aromatic rings. The quantitative estimate of drug-likeness (QED) is 0.628. The van der Waals surface area contributed by atoms with Gasteiger partial charge >= 0.3 is 5.97 Å². The highest BCUT2D eigenvalue weighted by atomic mass is 35.5. The average molecular weight is 316 g/mol. The first-order valence-corrected chi connectivity index (χ1v) is 6.38. The van der Waals surface area contributed by atoms with Crippen molar-refractivity contribution >= 4 is 30.0 Å². The fraction of sp³-hybridized carbons (Fsp3) is 0.308. The van der Waals surface area contributed by atoms with Gasteiger partial charge in [-0.25, -0.2) is 0 Å². The number of nitrogens with zero attached hydrogens (tertiary/aromatic N) is 3. The summed E-state index contributed by atoms with van der Waals surface area (Å²) < 4.78 is 6.28. The molecule has 0 aliphatic heterocycles. The third kappa shape index (κ3) is 3.95. The van der Waals surface area contributed by atoms with Crippen LogP contribution in [0.2, 0.25) is 0 Å². The van der Waals surface area contributed by atoms with Crippen molar-refractivity contribution in [2.24, 2.45) is 0 Å². The molecule has 0 unspecified atom stereocenters. The minimum atomic E-state index is -0.253. The maximum absolute atomic E-state index is 11.1. The highest BCUT2D eigenvalue weighted by Gasteiger charge is 2.09. The number of pyridine rings is 1. The molecular formula is C13H15Cl2N3O2. The predicted octanol–water partition coefficient (Wildman–Crippen LogP) is 2.67. The molecule has 5 nitrogen and oxygen atoms in total. The minimum absolute atomic E-state index is 0. The van der Waals surface area contributed by atoms with Crippen LogP contribution in [0.25, 0.3) is 11.4 Å². The zero-order chi connectivity index (χ0) is 13.7. The number of aryl methyl sites for hydroxylation is 1. The number of hydrogen-bond acceptors (Lipinski definition) is 4. The van der Waals surface area contributed by atoms with E-state index < -0.39 is 0 Å². The second kappa shape index (κ2) is 7.87. The van der Waals surface area contributed by atoms with Crippen molar-refractivity contribution in [3.8, 4) is 11.4 Å². The highest BCUT2D eigenvalue weighted by molar-refractivity contribution is 6.17. The van der Waals surface area contributed by atoms with Gasteiger partial charge in [0.05, 0.1) is 25.8 Å². The summed E-state index contributed by atoms with van der Waals surface area (Å²) in [6.07, 6.45) is 3.81. The molecule has 0 bridgehead atoms. The van der Waals surface area contributed by atoms with Crippen LogP contribution in [0.1, 0.15) is 12.0 Å². The smallest absolute Gasteiger partial charge is 0.307 e. The molecule has 0 saturated heterocycles. The number of rotatable bonds is 5. The lowest BCUT2D eigenvalue weighted by Gasteiger charge is -2.03. The number of aromatic nitrogens is 3. The van der Waals surface area contributed by atoms with E-state index in [1.54, 1.807) is 10.9 Å².